The van der Waals surface area contributed by atoms with Crippen LogP contribution in [-0.2, 0) is 0 Å². The van der Waals surface area contributed by atoms with E-state index in [1.807, 2.05) is 12.1 Å². The Morgan fingerprint density at radius 1 is 0.882 bits per heavy atom. The Morgan fingerprint density at radius 2 is 1.29 bits per heavy atom. The van der Waals surface area contributed by atoms with Gasteiger partial charge in [0.15, 0.2) is 0 Å². The zero-order chi connectivity index (χ0) is 11.5. The maximum Gasteiger partial charge on any atom is 0.269 e. The third kappa shape index (κ3) is 2.95. The Hall–Kier alpha value is -2.07. The molecule has 0 atom stereocenters. The molecule has 0 aliphatic heterocycles. The summed E-state index contributed by atoms with van der Waals surface area (Å²) in [5.41, 5.74) is 8.30. The lowest BCUT2D eigenvalue weighted by Gasteiger charge is -2.01. The Bertz CT molecular complexity index is 509. The van der Waals surface area contributed by atoms with Gasteiger partial charge < -0.3 is 5.73 Å². The lowest BCUT2D eigenvalue weighted by molar-refractivity contribution is -0.384. The van der Waals surface area contributed by atoms with Crippen LogP contribution in [0, 0.1) is 10.1 Å². The van der Waals surface area contributed by atoms with E-state index in [1.54, 1.807) is 24.3 Å². The van der Waals surface area contributed by atoms with Crippen molar-refractivity contribution in [2.45, 2.75) is 0 Å². The van der Waals surface area contributed by atoms with Crippen LogP contribution in [0.15, 0.2) is 48.5 Å². The van der Waals surface area contributed by atoms with Crippen LogP contribution in [0.1, 0.15) is 0 Å². The number of non-ortho nitro benzene ring substituents is 1. The van der Waals surface area contributed by atoms with Crippen LogP contribution in [-0.4, -0.2) is 4.92 Å². The van der Waals surface area contributed by atoms with E-state index in [9.17, 15) is 10.1 Å². The zero-order valence-corrected chi connectivity index (χ0v) is 9.68. The van der Waals surface area contributed by atoms with E-state index in [-0.39, 0.29) is 18.1 Å². The maximum absolute atomic E-state index is 10.5. The Labute approximate surface area is 105 Å². The highest BCUT2D eigenvalue weighted by Gasteiger charge is 2.04. The van der Waals surface area contributed by atoms with Gasteiger partial charge in [-0.1, -0.05) is 12.1 Å². The first-order valence-corrected chi connectivity index (χ1v) is 4.77. The molecule has 2 N–H and O–H groups in total. The smallest absolute Gasteiger partial charge is 0.269 e. The summed E-state index contributed by atoms with van der Waals surface area (Å²) in [6.45, 7) is 0. The second kappa shape index (κ2) is 5.32. The Morgan fingerprint density at radius 3 is 1.71 bits per heavy atom. The predicted octanol–water partition coefficient (Wildman–Crippen LogP) is 3.27. The van der Waals surface area contributed by atoms with Gasteiger partial charge in [-0.2, -0.15) is 0 Å². The lowest BCUT2D eigenvalue weighted by atomic mass is 10.1. The molecule has 0 saturated heterocycles. The van der Waals surface area contributed by atoms with Crippen LogP contribution in [0.3, 0.4) is 0 Å². The largest absolute Gasteiger partial charge is 0.399 e. The zero-order valence-electron chi connectivity index (χ0n) is 8.87. The summed E-state index contributed by atoms with van der Waals surface area (Å²) in [6.07, 6.45) is 0. The number of hydrogen-bond donors (Lipinski definition) is 1. The number of nitro groups is 1. The van der Waals surface area contributed by atoms with Gasteiger partial charge in [0.05, 0.1) is 4.92 Å². The molecule has 0 spiro atoms. The quantitative estimate of drug-likeness (QED) is 0.505. The molecular weight excluding hydrogens is 240 g/mol. The fraction of sp³-hybridized carbons (Fsp3) is 0. The summed E-state index contributed by atoms with van der Waals surface area (Å²) in [6, 6.07) is 13.8. The van der Waals surface area contributed by atoms with E-state index in [1.165, 1.54) is 12.1 Å². The van der Waals surface area contributed by atoms with Crippen molar-refractivity contribution in [1.82, 2.24) is 0 Å². The highest BCUT2D eigenvalue weighted by atomic mass is 35.5. The van der Waals surface area contributed by atoms with Crippen molar-refractivity contribution in [3.63, 3.8) is 0 Å². The van der Waals surface area contributed by atoms with Gasteiger partial charge in [0.2, 0.25) is 0 Å². The van der Waals surface area contributed by atoms with Gasteiger partial charge in [-0.25, -0.2) is 0 Å². The first kappa shape index (κ1) is 13.0. The molecule has 2 rings (SSSR count). The number of rotatable bonds is 2. The molecule has 0 aromatic heterocycles. The fourth-order valence-electron chi connectivity index (χ4n) is 1.45. The predicted molar refractivity (Wildman–Crippen MR) is 70.2 cm³/mol. The van der Waals surface area contributed by atoms with Crippen LogP contribution in [0.25, 0.3) is 11.1 Å². The van der Waals surface area contributed by atoms with Crippen LogP contribution in [0.5, 0.6) is 0 Å². The molecule has 4 nitrogen and oxygen atoms in total. The minimum Gasteiger partial charge on any atom is -0.399 e. The first-order chi connectivity index (χ1) is 7.66. The number of benzene rings is 2. The Balaban J connectivity index is 0.00000144. The SMILES string of the molecule is Cl.Nc1ccc(-c2ccc([N+](=O)[O-])cc2)cc1. The topological polar surface area (TPSA) is 69.2 Å². The molecule has 0 bridgehead atoms. The minimum atomic E-state index is -0.410. The van der Waals surface area contributed by atoms with Crippen molar-refractivity contribution in [3.8, 4) is 11.1 Å². The summed E-state index contributed by atoms with van der Waals surface area (Å²) in [7, 11) is 0. The van der Waals surface area contributed by atoms with Crippen LogP contribution in [0.4, 0.5) is 11.4 Å². The van der Waals surface area contributed by atoms with Crippen LogP contribution >= 0.6 is 12.4 Å². The third-order valence-corrected chi connectivity index (χ3v) is 2.32. The van der Waals surface area contributed by atoms with E-state index in [4.69, 9.17) is 5.73 Å². The van der Waals surface area contributed by atoms with Gasteiger partial charge in [0.1, 0.15) is 0 Å². The highest BCUT2D eigenvalue weighted by molar-refractivity contribution is 5.85. The normalized spacial score (nSPS) is 9.41. The van der Waals surface area contributed by atoms with Crippen LogP contribution in [0.2, 0.25) is 0 Å². The molecule has 0 fully saturated rings. The van der Waals surface area contributed by atoms with Crippen molar-refractivity contribution >= 4 is 23.8 Å². The van der Waals surface area contributed by atoms with Gasteiger partial charge in [-0.15, -0.1) is 12.4 Å². The molecular formula is C12H11ClN2O2. The Kier molecular flexibility index (Phi) is 4.06. The summed E-state index contributed by atoms with van der Waals surface area (Å²) in [5.74, 6) is 0. The van der Waals surface area contributed by atoms with Gasteiger partial charge in [0, 0.05) is 17.8 Å². The third-order valence-electron chi connectivity index (χ3n) is 2.32. The number of halogens is 1. The van der Waals surface area contributed by atoms with E-state index in [0.29, 0.717) is 5.69 Å². The number of nitrogens with zero attached hydrogens (tertiary/aromatic N) is 1. The first-order valence-electron chi connectivity index (χ1n) is 4.77. The second-order valence-corrected chi connectivity index (χ2v) is 3.43. The molecule has 0 aliphatic rings. The van der Waals surface area contributed by atoms with Crippen molar-refractivity contribution < 1.29 is 4.92 Å². The number of nitrogens with two attached hydrogens (primary N) is 1. The average Bonchev–Trinajstić information content (AvgIpc) is 2.30. The van der Waals surface area contributed by atoms with Gasteiger partial charge in [-0.3, -0.25) is 10.1 Å². The fourth-order valence-corrected chi connectivity index (χ4v) is 1.45. The monoisotopic (exact) mass is 250 g/mol. The van der Waals surface area contributed by atoms with Crippen molar-refractivity contribution in [1.29, 1.82) is 0 Å². The molecule has 0 unspecified atom stereocenters. The molecule has 0 saturated carbocycles. The van der Waals surface area contributed by atoms with E-state index < -0.39 is 4.92 Å². The molecule has 5 heteroatoms. The standard InChI is InChI=1S/C12H10N2O2.ClH/c13-11-5-1-9(2-6-11)10-3-7-12(8-4-10)14(15)16;/h1-8H,13H2;1H. The van der Waals surface area contributed by atoms with Crippen molar-refractivity contribution in [2.24, 2.45) is 0 Å². The molecule has 17 heavy (non-hydrogen) atoms. The number of anilines is 1. The average molecular weight is 251 g/mol. The molecule has 2 aromatic rings. The molecule has 0 heterocycles. The van der Waals surface area contributed by atoms with Gasteiger partial charge in [0.25, 0.3) is 5.69 Å². The van der Waals surface area contributed by atoms with E-state index in [2.05, 4.69) is 0 Å². The minimum absolute atomic E-state index is 0. The lowest BCUT2D eigenvalue weighted by Crippen LogP contribution is -1.87. The van der Waals surface area contributed by atoms with Gasteiger partial charge in [-0.05, 0) is 35.4 Å². The maximum atomic E-state index is 10.5. The summed E-state index contributed by atoms with van der Waals surface area (Å²) < 4.78 is 0. The number of nitrogen functional groups attached to an aromatic ring is 1. The van der Waals surface area contributed by atoms with Crippen LogP contribution < -0.4 is 5.73 Å². The summed E-state index contributed by atoms with van der Waals surface area (Å²) in [4.78, 5) is 10.1. The summed E-state index contributed by atoms with van der Waals surface area (Å²) >= 11 is 0. The van der Waals surface area contributed by atoms with E-state index >= 15 is 0 Å². The summed E-state index contributed by atoms with van der Waals surface area (Å²) in [5, 5.41) is 10.5. The highest BCUT2D eigenvalue weighted by Crippen LogP contribution is 2.22. The van der Waals surface area contributed by atoms with Crippen molar-refractivity contribution in [3.05, 3.63) is 58.6 Å². The second-order valence-electron chi connectivity index (χ2n) is 3.43. The number of hydrogen-bond acceptors (Lipinski definition) is 3. The van der Waals surface area contributed by atoms with Gasteiger partial charge >= 0.3 is 0 Å². The molecule has 0 radical (unpaired) electrons. The van der Waals surface area contributed by atoms with E-state index in [0.717, 1.165) is 11.1 Å². The molecule has 0 amide bonds. The molecule has 2 aromatic carbocycles. The molecule has 0 aliphatic carbocycles. The van der Waals surface area contributed by atoms with Crippen molar-refractivity contribution in [2.75, 3.05) is 5.73 Å². The number of nitro benzene ring substituents is 1. The molecule has 88 valence electrons.